The molecule has 0 heterocycles. The quantitative estimate of drug-likeness (QED) is 0.605. The zero-order valence-electron chi connectivity index (χ0n) is 9.21. The normalized spacial score (nSPS) is 20.4. The third-order valence-electron chi connectivity index (χ3n) is 3.23. The zero-order valence-corrected chi connectivity index (χ0v) is 9.21. The van der Waals surface area contributed by atoms with E-state index in [0.29, 0.717) is 5.82 Å². The molecular weight excluding hydrogens is 179 g/mol. The summed E-state index contributed by atoms with van der Waals surface area (Å²) < 4.78 is 0. The maximum atomic E-state index is 3.70. The van der Waals surface area contributed by atoms with Crippen LogP contribution < -0.4 is 0 Å². The summed E-state index contributed by atoms with van der Waals surface area (Å²) in [7, 11) is 0. The van der Waals surface area contributed by atoms with Crippen molar-refractivity contribution in [3.05, 3.63) is 42.0 Å². The van der Waals surface area contributed by atoms with Crippen molar-refractivity contribution in [2.24, 2.45) is 0 Å². The molecule has 2 rings (SSSR count). The van der Waals surface area contributed by atoms with Gasteiger partial charge in [-0.1, -0.05) is 0 Å². The fourth-order valence-electron chi connectivity index (χ4n) is 2.45. The molecule has 1 unspecified atom stereocenters. The van der Waals surface area contributed by atoms with E-state index in [4.69, 9.17) is 0 Å². The Bertz CT molecular complexity index is 375. The first-order valence-electron chi connectivity index (χ1n) is 5.85. The molecule has 1 atom stereocenters. The molecule has 1 aromatic rings. The van der Waals surface area contributed by atoms with Crippen LogP contribution in [0.4, 0.5) is 0 Å². The van der Waals surface area contributed by atoms with Crippen molar-refractivity contribution in [1.29, 1.82) is 0 Å². The van der Waals surface area contributed by atoms with Crippen molar-refractivity contribution in [3.8, 4) is 0 Å². The van der Waals surface area contributed by atoms with E-state index < -0.39 is 0 Å². The molecule has 0 amide bonds. The molecule has 0 nitrogen and oxygen atoms in total. The molecule has 0 bridgehead atoms. The average molecular weight is 196 g/mol. The van der Waals surface area contributed by atoms with E-state index in [1.807, 2.05) is 0 Å². The summed E-state index contributed by atoms with van der Waals surface area (Å²) in [6, 6.07) is 8.82. The number of hydrogen-bond acceptors (Lipinski definition) is 0. The topological polar surface area (TPSA) is 0 Å². The van der Waals surface area contributed by atoms with Crippen LogP contribution >= 0.6 is 0 Å². The van der Waals surface area contributed by atoms with E-state index in [9.17, 15) is 0 Å². The Labute approximate surface area is 92.9 Å². The monoisotopic (exact) mass is 196 g/mol. The number of rotatable bonds is 1. The summed E-state index contributed by atoms with van der Waals surface area (Å²) in [6.07, 6.45) is 6.51. The minimum atomic E-state index is 0.541. The molecule has 0 aromatic heterocycles. The summed E-state index contributed by atoms with van der Waals surface area (Å²) in [5.74, 6) is 0.541. The van der Waals surface area contributed by atoms with Gasteiger partial charge in [0, 0.05) is 0 Å². The van der Waals surface area contributed by atoms with Gasteiger partial charge in [-0.15, -0.1) is 0 Å². The third kappa shape index (κ3) is 2.49. The second-order valence-electron chi connectivity index (χ2n) is 4.28. The molecule has 0 N–H and O–H groups in total. The number of fused-ring (bicyclic) bond motifs is 1. The van der Waals surface area contributed by atoms with Gasteiger partial charge < -0.3 is 0 Å². The van der Waals surface area contributed by atoms with Gasteiger partial charge in [0.15, 0.2) is 0 Å². The molecule has 1 aliphatic rings. The van der Waals surface area contributed by atoms with Gasteiger partial charge in [-0.2, -0.15) is 0 Å². The average Bonchev–Trinajstić information content (AvgIpc) is 2.24. The van der Waals surface area contributed by atoms with Crippen molar-refractivity contribution in [2.75, 3.05) is 0 Å². The zero-order chi connectivity index (χ0) is 10.5. The number of aryl methyl sites for hydroxylation is 1. The summed E-state index contributed by atoms with van der Waals surface area (Å²) >= 11 is 0. The van der Waals surface area contributed by atoms with Gasteiger partial charge in [-0.05, 0) is 0 Å². The molecule has 0 spiro atoms. The van der Waals surface area contributed by atoms with Crippen LogP contribution in [0.2, 0.25) is 0 Å². The van der Waals surface area contributed by atoms with E-state index in [1.54, 1.807) is 0 Å². The molecule has 1 aromatic carbocycles. The van der Waals surface area contributed by atoms with Gasteiger partial charge in [0.25, 0.3) is 0 Å². The molecule has 0 fully saturated rings. The van der Waals surface area contributed by atoms with Crippen LogP contribution in [0.15, 0.2) is 30.8 Å². The predicted octanol–water partition coefficient (Wildman–Crippen LogP) is 3.14. The van der Waals surface area contributed by atoms with Crippen LogP contribution in [0, 0.1) is 0 Å². The fraction of sp³-hybridized carbons (Fsp3) is 0.429. The van der Waals surface area contributed by atoms with Crippen LogP contribution in [0.25, 0.3) is 0 Å². The Morgan fingerprint density at radius 1 is 1.20 bits per heavy atom. The Balaban J connectivity index is 2.37. The summed E-state index contributed by atoms with van der Waals surface area (Å²) in [6.45, 7) is 5.83. The predicted molar refractivity (Wildman–Crippen MR) is 67.7 cm³/mol. The second-order valence-corrected chi connectivity index (χ2v) is 4.28. The van der Waals surface area contributed by atoms with Crippen LogP contribution in [0.1, 0.15) is 42.6 Å². The summed E-state index contributed by atoms with van der Waals surface area (Å²) in [5.41, 5.74) is 5.97. The molecule has 1 heteroatoms. The van der Waals surface area contributed by atoms with Gasteiger partial charge in [0.2, 0.25) is 0 Å². The fourth-order valence-corrected chi connectivity index (χ4v) is 2.45. The first-order valence-corrected chi connectivity index (χ1v) is 5.85. The molecule has 0 aliphatic heterocycles. The van der Waals surface area contributed by atoms with E-state index >= 15 is 0 Å². The Morgan fingerprint density at radius 3 is 2.93 bits per heavy atom. The van der Waals surface area contributed by atoms with Gasteiger partial charge in [-0.3, -0.25) is 0 Å². The molecule has 76 valence electrons. The van der Waals surface area contributed by atoms with Crippen LogP contribution in [0.5, 0.6) is 0 Å². The van der Waals surface area contributed by atoms with Crippen molar-refractivity contribution in [2.45, 2.75) is 37.9 Å². The number of hydrogen-bond donors (Lipinski definition) is 0. The summed E-state index contributed by atoms with van der Waals surface area (Å²) in [5, 5.41) is 0. The van der Waals surface area contributed by atoms with Gasteiger partial charge in [0.1, 0.15) is 0 Å². The molecule has 0 saturated heterocycles. The Hall–Kier alpha value is -1.07. The second kappa shape index (κ2) is 5.14. The van der Waals surface area contributed by atoms with Crippen molar-refractivity contribution >= 4 is 12.5 Å². The van der Waals surface area contributed by atoms with Crippen molar-refractivity contribution in [1.82, 2.24) is 0 Å². The first kappa shape index (κ1) is 10.5. The Morgan fingerprint density at radius 2 is 2.07 bits per heavy atom. The molecule has 1 aliphatic carbocycles. The van der Waals surface area contributed by atoms with Gasteiger partial charge in [-0.25, -0.2) is 0 Å². The maximum absolute atomic E-state index is 3.70. The molecular formula is C14H17B. The van der Waals surface area contributed by atoms with E-state index in [-0.39, 0.29) is 0 Å². The van der Waals surface area contributed by atoms with Gasteiger partial charge >= 0.3 is 92.4 Å². The minimum absolute atomic E-state index is 0.541. The molecule has 15 heavy (non-hydrogen) atoms. The third-order valence-corrected chi connectivity index (χ3v) is 3.23. The van der Waals surface area contributed by atoms with Gasteiger partial charge in [0.05, 0.1) is 0 Å². The number of benzene rings is 1. The summed E-state index contributed by atoms with van der Waals surface area (Å²) in [4.78, 5) is 0. The Kier molecular flexibility index (Phi) is 3.58. The molecule has 0 saturated carbocycles. The molecule has 0 radical (unpaired) electrons. The van der Waals surface area contributed by atoms with Crippen molar-refractivity contribution in [3.63, 3.8) is 0 Å². The van der Waals surface area contributed by atoms with Crippen LogP contribution in [0.3, 0.4) is 0 Å². The standard InChI is InChI=1S/C14H17B/c1-2-15-14-11-5-3-4-8-12-9-6-7-10-13(12)14/h6-7,9-10,14H,1,3-5,8,11H2. The van der Waals surface area contributed by atoms with Crippen LogP contribution in [-0.4, -0.2) is 12.5 Å². The first-order chi connectivity index (χ1) is 7.42. The van der Waals surface area contributed by atoms with E-state index in [2.05, 4.69) is 43.4 Å². The van der Waals surface area contributed by atoms with Crippen molar-refractivity contribution < 1.29 is 0 Å². The van der Waals surface area contributed by atoms with E-state index in [0.717, 1.165) is 0 Å². The van der Waals surface area contributed by atoms with Crippen LogP contribution in [-0.2, 0) is 6.42 Å². The SMILES string of the molecule is C=C=BC1CCCCCc2ccccc21. The van der Waals surface area contributed by atoms with E-state index in [1.165, 1.54) is 43.2 Å².